The van der Waals surface area contributed by atoms with E-state index in [0.29, 0.717) is 25.3 Å². The average Bonchev–Trinajstić information content (AvgIpc) is 2.41. The zero-order valence-corrected chi connectivity index (χ0v) is 12.6. The number of aliphatic hydroxyl groups is 1. The highest BCUT2D eigenvalue weighted by Gasteiger charge is 2.10. The lowest BCUT2D eigenvalue weighted by Crippen LogP contribution is -2.32. The molecule has 5 nitrogen and oxygen atoms in total. The molecule has 0 fully saturated rings. The van der Waals surface area contributed by atoms with E-state index in [1.165, 1.54) is 12.1 Å². The van der Waals surface area contributed by atoms with E-state index in [4.69, 9.17) is 4.74 Å². The molecule has 0 aliphatic heterocycles. The van der Waals surface area contributed by atoms with E-state index in [2.05, 4.69) is 10.6 Å². The van der Waals surface area contributed by atoms with Crippen molar-refractivity contribution >= 4 is 11.7 Å². The molecular weight excluding hydrogens is 275 g/mol. The Hall–Kier alpha value is -1.82. The summed E-state index contributed by atoms with van der Waals surface area (Å²) in [5.74, 6) is -0.219. The first-order chi connectivity index (χ1) is 9.93. The Morgan fingerprint density at radius 3 is 2.71 bits per heavy atom. The number of carbonyl (C=O) groups is 1. The number of hydrogen-bond acceptors (Lipinski definition) is 3. The van der Waals surface area contributed by atoms with Crippen LogP contribution in [0.15, 0.2) is 18.2 Å². The van der Waals surface area contributed by atoms with Crippen molar-refractivity contribution in [3.63, 3.8) is 0 Å². The number of carbonyl (C=O) groups excluding carboxylic acids is 1. The molecule has 0 spiro atoms. The number of urea groups is 1. The normalized spacial score (nSPS) is 12.1. The zero-order valence-electron chi connectivity index (χ0n) is 12.6. The molecule has 0 bridgehead atoms. The highest BCUT2D eigenvalue weighted by atomic mass is 19.1. The van der Waals surface area contributed by atoms with Crippen molar-refractivity contribution in [3.05, 3.63) is 24.0 Å². The maximum absolute atomic E-state index is 13.6. The number of ether oxygens (including phenoxy) is 1. The van der Waals surface area contributed by atoms with Crippen LogP contribution in [0.25, 0.3) is 0 Å². The Bertz CT molecular complexity index is 466. The van der Waals surface area contributed by atoms with Gasteiger partial charge in [0.1, 0.15) is 0 Å². The van der Waals surface area contributed by atoms with E-state index in [9.17, 15) is 14.3 Å². The maximum Gasteiger partial charge on any atom is 0.319 e. The first kappa shape index (κ1) is 17.2. The Labute approximate surface area is 124 Å². The van der Waals surface area contributed by atoms with E-state index in [-0.39, 0.29) is 11.7 Å². The molecule has 1 aromatic carbocycles. The third kappa shape index (κ3) is 5.99. The fourth-order valence-electron chi connectivity index (χ4n) is 1.69. The lowest BCUT2D eigenvalue weighted by atomic mass is 10.0. The number of hydrogen-bond donors (Lipinski definition) is 3. The fourth-order valence-corrected chi connectivity index (χ4v) is 1.69. The van der Waals surface area contributed by atoms with Crippen molar-refractivity contribution in [2.24, 2.45) is 5.92 Å². The second-order valence-corrected chi connectivity index (χ2v) is 5.06. The minimum atomic E-state index is -0.523. The number of benzene rings is 1. The molecule has 118 valence electrons. The van der Waals surface area contributed by atoms with Crippen LogP contribution in [0.3, 0.4) is 0 Å². The smallest absolute Gasteiger partial charge is 0.319 e. The van der Waals surface area contributed by atoms with Gasteiger partial charge in [-0.2, -0.15) is 0 Å². The van der Waals surface area contributed by atoms with Crippen LogP contribution in [-0.4, -0.2) is 30.4 Å². The van der Waals surface area contributed by atoms with Crippen LogP contribution in [0.1, 0.15) is 27.2 Å². The number of nitrogens with one attached hydrogen (secondary N) is 2. The topological polar surface area (TPSA) is 70.6 Å². The van der Waals surface area contributed by atoms with Gasteiger partial charge in [-0.3, -0.25) is 0 Å². The van der Waals surface area contributed by atoms with E-state index in [1.807, 2.05) is 13.8 Å². The van der Waals surface area contributed by atoms with Crippen molar-refractivity contribution in [2.75, 3.05) is 18.5 Å². The van der Waals surface area contributed by atoms with Crippen LogP contribution in [0.2, 0.25) is 0 Å². The standard InChI is InChI=1S/C15H23FN2O3/c1-4-21-14-6-5-11(9-12(14)16)18-15(20)17-8-7-13(19)10(2)3/h5-6,9-10,13,19H,4,7-8H2,1-3H3,(H2,17,18,20). The SMILES string of the molecule is CCOc1ccc(NC(=O)NCCC(O)C(C)C)cc1F. The second kappa shape index (κ2) is 8.46. The largest absolute Gasteiger partial charge is 0.491 e. The van der Waals surface area contributed by atoms with Crippen molar-refractivity contribution in [3.8, 4) is 5.75 Å². The van der Waals surface area contributed by atoms with E-state index >= 15 is 0 Å². The number of anilines is 1. The van der Waals surface area contributed by atoms with Gasteiger partial charge in [-0.15, -0.1) is 0 Å². The monoisotopic (exact) mass is 298 g/mol. The molecule has 0 aromatic heterocycles. The Morgan fingerprint density at radius 1 is 1.43 bits per heavy atom. The second-order valence-electron chi connectivity index (χ2n) is 5.06. The van der Waals surface area contributed by atoms with Gasteiger partial charge in [0.15, 0.2) is 11.6 Å². The van der Waals surface area contributed by atoms with Crippen LogP contribution < -0.4 is 15.4 Å². The molecule has 1 rings (SSSR count). The summed E-state index contributed by atoms with van der Waals surface area (Å²) in [5, 5.41) is 14.8. The van der Waals surface area contributed by atoms with Crippen LogP contribution in [-0.2, 0) is 0 Å². The van der Waals surface area contributed by atoms with Crippen LogP contribution in [0.4, 0.5) is 14.9 Å². The maximum atomic E-state index is 13.6. The van der Waals surface area contributed by atoms with Crippen LogP contribution in [0.5, 0.6) is 5.75 Å². The fraction of sp³-hybridized carbons (Fsp3) is 0.533. The van der Waals surface area contributed by atoms with Crippen molar-refractivity contribution in [1.82, 2.24) is 5.32 Å². The van der Waals surface area contributed by atoms with Crippen LogP contribution in [0, 0.1) is 11.7 Å². The summed E-state index contributed by atoms with van der Waals surface area (Å²) >= 11 is 0. The predicted octanol–water partition coefficient (Wildman–Crippen LogP) is 2.75. The van der Waals surface area contributed by atoms with Crippen LogP contribution >= 0.6 is 0 Å². The zero-order chi connectivity index (χ0) is 15.8. The van der Waals surface area contributed by atoms with Gasteiger partial charge in [-0.05, 0) is 31.4 Å². The van der Waals surface area contributed by atoms with E-state index < -0.39 is 18.0 Å². The molecule has 0 aliphatic rings. The first-order valence-corrected chi connectivity index (χ1v) is 7.09. The third-order valence-electron chi connectivity index (χ3n) is 2.98. The Kier molecular flexibility index (Phi) is 6.94. The summed E-state index contributed by atoms with van der Waals surface area (Å²) in [5.41, 5.74) is 0.345. The van der Waals surface area contributed by atoms with E-state index in [1.54, 1.807) is 13.0 Å². The molecule has 0 aliphatic carbocycles. The number of rotatable bonds is 7. The molecule has 0 saturated carbocycles. The summed E-state index contributed by atoms with van der Waals surface area (Å²) < 4.78 is 18.7. The van der Waals surface area contributed by atoms with Crippen molar-refractivity contribution < 1.29 is 19.0 Å². The molecule has 6 heteroatoms. The molecule has 3 N–H and O–H groups in total. The summed E-state index contributed by atoms with van der Waals surface area (Å²) in [7, 11) is 0. The van der Waals surface area contributed by atoms with Crippen molar-refractivity contribution in [1.29, 1.82) is 0 Å². The van der Waals surface area contributed by atoms with Gasteiger partial charge in [0, 0.05) is 18.3 Å². The van der Waals surface area contributed by atoms with Gasteiger partial charge < -0.3 is 20.5 Å². The number of halogens is 1. The predicted molar refractivity (Wildman–Crippen MR) is 80.1 cm³/mol. The lowest BCUT2D eigenvalue weighted by Gasteiger charge is -2.15. The summed E-state index contributed by atoms with van der Waals surface area (Å²) in [6, 6.07) is 3.80. The van der Waals surface area contributed by atoms with Gasteiger partial charge in [-0.25, -0.2) is 9.18 Å². The Morgan fingerprint density at radius 2 is 2.14 bits per heavy atom. The molecule has 0 heterocycles. The Balaban J connectivity index is 2.42. The molecule has 0 radical (unpaired) electrons. The first-order valence-electron chi connectivity index (χ1n) is 7.09. The molecule has 21 heavy (non-hydrogen) atoms. The molecule has 0 saturated heterocycles. The summed E-state index contributed by atoms with van der Waals surface area (Å²) in [6.07, 6.45) is 0.0242. The lowest BCUT2D eigenvalue weighted by molar-refractivity contribution is 0.117. The summed E-state index contributed by atoms with van der Waals surface area (Å²) in [4.78, 5) is 11.6. The average molecular weight is 298 g/mol. The summed E-state index contributed by atoms with van der Waals surface area (Å²) in [6.45, 7) is 6.32. The molecule has 1 unspecified atom stereocenters. The minimum absolute atomic E-state index is 0.148. The third-order valence-corrected chi connectivity index (χ3v) is 2.98. The number of amides is 2. The molecule has 2 amide bonds. The highest BCUT2D eigenvalue weighted by molar-refractivity contribution is 5.89. The van der Waals surface area contributed by atoms with Gasteiger partial charge in [0.25, 0.3) is 0 Å². The van der Waals surface area contributed by atoms with Gasteiger partial charge in [-0.1, -0.05) is 13.8 Å². The van der Waals surface area contributed by atoms with Gasteiger partial charge in [0.2, 0.25) is 0 Å². The van der Waals surface area contributed by atoms with E-state index in [0.717, 1.165) is 0 Å². The van der Waals surface area contributed by atoms with Gasteiger partial charge >= 0.3 is 6.03 Å². The number of aliphatic hydroxyl groups excluding tert-OH is 1. The molecule has 1 atom stereocenters. The molecular formula is C15H23FN2O3. The quantitative estimate of drug-likeness (QED) is 0.725. The minimum Gasteiger partial charge on any atom is -0.491 e. The molecule has 1 aromatic rings. The van der Waals surface area contributed by atoms with Crippen molar-refractivity contribution in [2.45, 2.75) is 33.3 Å². The van der Waals surface area contributed by atoms with Gasteiger partial charge in [0.05, 0.1) is 12.7 Å². The highest BCUT2D eigenvalue weighted by Crippen LogP contribution is 2.21.